The number of benzene rings is 1. The van der Waals surface area contributed by atoms with E-state index >= 15 is 0 Å². The molecule has 1 aliphatic heterocycles. The van der Waals surface area contributed by atoms with Crippen LogP contribution in [0, 0.1) is 11.8 Å². The van der Waals surface area contributed by atoms with Gasteiger partial charge in [0, 0.05) is 4.47 Å². The van der Waals surface area contributed by atoms with Crippen LogP contribution in [0.15, 0.2) is 28.7 Å². The van der Waals surface area contributed by atoms with Crippen molar-refractivity contribution in [1.82, 2.24) is 4.90 Å². The van der Waals surface area contributed by atoms with E-state index in [-0.39, 0.29) is 23.7 Å². The van der Waals surface area contributed by atoms with Gasteiger partial charge in [-0.2, -0.15) is 0 Å². The van der Waals surface area contributed by atoms with Gasteiger partial charge in [0.15, 0.2) is 0 Å². The minimum absolute atomic E-state index is 0.00273. The largest absolute Gasteiger partial charge is 0.278 e. The number of amides is 2. The molecule has 2 atom stereocenters. The first kappa shape index (κ1) is 10.0. The van der Waals surface area contributed by atoms with E-state index in [1.807, 2.05) is 24.3 Å². The maximum atomic E-state index is 11.7. The lowest BCUT2D eigenvalue weighted by atomic mass is 10.2. The van der Waals surface area contributed by atoms with E-state index in [2.05, 4.69) is 15.9 Å². The third-order valence-electron chi connectivity index (χ3n) is 3.21. The molecule has 0 aromatic heterocycles. The number of fused-ring (bicyclic) bond motifs is 1. The van der Waals surface area contributed by atoms with Crippen molar-refractivity contribution in [3.8, 4) is 0 Å². The molecule has 1 aliphatic carbocycles. The van der Waals surface area contributed by atoms with Gasteiger partial charge in [-0.05, 0) is 24.1 Å². The molecule has 1 aromatic rings. The van der Waals surface area contributed by atoms with Crippen LogP contribution in [0.2, 0.25) is 0 Å². The summed E-state index contributed by atoms with van der Waals surface area (Å²) in [6, 6.07) is 7.69. The van der Waals surface area contributed by atoms with Crippen LogP contribution < -0.4 is 0 Å². The second-order valence-electron chi connectivity index (χ2n) is 4.34. The first-order valence-corrected chi connectivity index (χ1v) is 6.06. The van der Waals surface area contributed by atoms with Gasteiger partial charge in [0.2, 0.25) is 11.8 Å². The molecule has 16 heavy (non-hydrogen) atoms. The van der Waals surface area contributed by atoms with Gasteiger partial charge in [-0.3, -0.25) is 14.5 Å². The number of carbonyl (C=O) groups is 2. The molecular formula is C12H10BrNO2. The van der Waals surface area contributed by atoms with Crippen LogP contribution in [0.3, 0.4) is 0 Å². The van der Waals surface area contributed by atoms with Crippen molar-refractivity contribution >= 4 is 27.7 Å². The van der Waals surface area contributed by atoms with Gasteiger partial charge in [-0.1, -0.05) is 28.1 Å². The number of piperidine rings is 1. The Bertz CT molecular complexity index is 448. The number of carbonyl (C=O) groups excluding carboxylic acids is 2. The normalized spacial score (nSPS) is 27.2. The number of likely N-dealkylation sites (tertiary alicyclic amines) is 1. The van der Waals surface area contributed by atoms with Crippen LogP contribution in [0.1, 0.15) is 12.0 Å². The summed E-state index contributed by atoms with van der Waals surface area (Å²) in [6.45, 7) is 0.415. The Kier molecular flexibility index (Phi) is 2.14. The zero-order valence-corrected chi connectivity index (χ0v) is 10.1. The molecular weight excluding hydrogens is 270 g/mol. The second-order valence-corrected chi connectivity index (χ2v) is 5.25. The molecule has 0 N–H and O–H groups in total. The quantitative estimate of drug-likeness (QED) is 0.776. The topological polar surface area (TPSA) is 37.4 Å². The fourth-order valence-corrected chi connectivity index (χ4v) is 2.44. The third kappa shape index (κ3) is 1.48. The summed E-state index contributed by atoms with van der Waals surface area (Å²) in [5.74, 6) is 0.0294. The number of halogens is 1. The molecule has 82 valence electrons. The summed E-state index contributed by atoms with van der Waals surface area (Å²) in [5, 5.41) is 0. The minimum Gasteiger partial charge on any atom is -0.278 e. The van der Waals surface area contributed by atoms with Crippen molar-refractivity contribution in [2.45, 2.75) is 13.0 Å². The minimum atomic E-state index is 0.00273. The highest BCUT2D eigenvalue weighted by Crippen LogP contribution is 2.47. The summed E-state index contributed by atoms with van der Waals surface area (Å²) in [4.78, 5) is 24.8. The van der Waals surface area contributed by atoms with E-state index < -0.39 is 0 Å². The van der Waals surface area contributed by atoms with Gasteiger partial charge < -0.3 is 0 Å². The van der Waals surface area contributed by atoms with Gasteiger partial charge in [-0.15, -0.1) is 0 Å². The predicted octanol–water partition coefficient (Wildman–Crippen LogP) is 1.95. The summed E-state index contributed by atoms with van der Waals surface area (Å²) in [6.07, 6.45) is 0.772. The molecule has 2 unspecified atom stereocenters. The van der Waals surface area contributed by atoms with Crippen LogP contribution in [-0.4, -0.2) is 16.7 Å². The average molecular weight is 280 g/mol. The molecule has 4 heteroatoms. The van der Waals surface area contributed by atoms with Crippen LogP contribution >= 0.6 is 15.9 Å². The highest BCUT2D eigenvalue weighted by atomic mass is 79.9. The molecule has 0 spiro atoms. The number of imide groups is 1. The summed E-state index contributed by atoms with van der Waals surface area (Å²) >= 11 is 3.35. The lowest BCUT2D eigenvalue weighted by Crippen LogP contribution is -2.32. The summed E-state index contributed by atoms with van der Waals surface area (Å²) in [5.41, 5.74) is 0.992. The van der Waals surface area contributed by atoms with Crippen molar-refractivity contribution < 1.29 is 9.59 Å². The standard InChI is InChI=1S/C12H10BrNO2/c13-8-3-1-7(2-4-8)6-14-11(15)9-5-10(9)12(14)16/h1-4,9-10H,5-6H2. The van der Waals surface area contributed by atoms with Crippen molar-refractivity contribution in [3.05, 3.63) is 34.3 Å². The van der Waals surface area contributed by atoms with Crippen LogP contribution in [-0.2, 0) is 16.1 Å². The summed E-state index contributed by atoms with van der Waals surface area (Å²) in [7, 11) is 0. The average Bonchev–Trinajstić information content (AvgIpc) is 3.02. The zero-order chi connectivity index (χ0) is 11.3. The maximum Gasteiger partial charge on any atom is 0.233 e. The maximum absolute atomic E-state index is 11.7. The SMILES string of the molecule is O=C1C2CC2C(=O)N1Cc1ccc(Br)cc1. The Morgan fingerprint density at radius 1 is 1.12 bits per heavy atom. The first-order valence-electron chi connectivity index (χ1n) is 5.26. The molecule has 1 aromatic carbocycles. The van der Waals surface area contributed by atoms with Crippen molar-refractivity contribution in [3.63, 3.8) is 0 Å². The van der Waals surface area contributed by atoms with Gasteiger partial charge >= 0.3 is 0 Å². The van der Waals surface area contributed by atoms with Crippen molar-refractivity contribution in [2.24, 2.45) is 11.8 Å². The Morgan fingerprint density at radius 3 is 2.25 bits per heavy atom. The van der Waals surface area contributed by atoms with Crippen LogP contribution in [0.4, 0.5) is 0 Å². The van der Waals surface area contributed by atoms with Crippen molar-refractivity contribution in [1.29, 1.82) is 0 Å². The molecule has 1 saturated carbocycles. The van der Waals surface area contributed by atoms with Gasteiger partial charge in [0.25, 0.3) is 0 Å². The Hall–Kier alpha value is -1.16. The van der Waals surface area contributed by atoms with Crippen LogP contribution in [0.5, 0.6) is 0 Å². The van der Waals surface area contributed by atoms with E-state index in [0.29, 0.717) is 6.54 Å². The number of hydrogen-bond acceptors (Lipinski definition) is 2. The first-order chi connectivity index (χ1) is 7.66. The van der Waals surface area contributed by atoms with E-state index in [1.165, 1.54) is 4.90 Å². The monoisotopic (exact) mass is 279 g/mol. The van der Waals surface area contributed by atoms with E-state index in [4.69, 9.17) is 0 Å². The highest BCUT2D eigenvalue weighted by Gasteiger charge is 2.58. The van der Waals surface area contributed by atoms with Crippen LogP contribution in [0.25, 0.3) is 0 Å². The Balaban J connectivity index is 1.78. The zero-order valence-electron chi connectivity index (χ0n) is 8.52. The molecule has 3 rings (SSSR count). The molecule has 2 fully saturated rings. The van der Waals surface area contributed by atoms with E-state index in [0.717, 1.165) is 16.5 Å². The molecule has 2 amide bonds. The lowest BCUT2D eigenvalue weighted by molar-refractivity contribution is -0.142. The smallest absolute Gasteiger partial charge is 0.233 e. The van der Waals surface area contributed by atoms with Crippen molar-refractivity contribution in [2.75, 3.05) is 0 Å². The number of hydrogen-bond donors (Lipinski definition) is 0. The summed E-state index contributed by atoms with van der Waals surface area (Å²) < 4.78 is 0.998. The van der Waals surface area contributed by atoms with Gasteiger partial charge in [0.1, 0.15) is 0 Å². The lowest BCUT2D eigenvalue weighted by Gasteiger charge is -2.16. The molecule has 2 aliphatic rings. The molecule has 0 bridgehead atoms. The van der Waals surface area contributed by atoms with E-state index in [9.17, 15) is 9.59 Å². The number of rotatable bonds is 2. The number of nitrogens with zero attached hydrogens (tertiary/aromatic N) is 1. The van der Waals surface area contributed by atoms with Gasteiger partial charge in [-0.25, -0.2) is 0 Å². The molecule has 3 nitrogen and oxygen atoms in total. The highest BCUT2D eigenvalue weighted by molar-refractivity contribution is 9.10. The fourth-order valence-electron chi connectivity index (χ4n) is 2.18. The molecule has 1 saturated heterocycles. The Labute approximate surface area is 102 Å². The third-order valence-corrected chi connectivity index (χ3v) is 3.74. The second kappa shape index (κ2) is 3.42. The van der Waals surface area contributed by atoms with Gasteiger partial charge in [0.05, 0.1) is 18.4 Å². The fraction of sp³-hybridized carbons (Fsp3) is 0.333. The molecule has 0 radical (unpaired) electrons. The predicted molar refractivity (Wildman–Crippen MR) is 61.3 cm³/mol. The Morgan fingerprint density at radius 2 is 1.69 bits per heavy atom. The van der Waals surface area contributed by atoms with E-state index in [1.54, 1.807) is 0 Å². The molecule has 1 heterocycles.